The molecule has 0 radical (unpaired) electrons. The maximum absolute atomic E-state index is 12.2. The van der Waals surface area contributed by atoms with E-state index in [4.69, 9.17) is 16.4 Å². The van der Waals surface area contributed by atoms with Crippen LogP contribution in [0.3, 0.4) is 0 Å². The van der Waals surface area contributed by atoms with Crippen LogP contribution in [-0.2, 0) is 17.8 Å². The zero-order valence-electron chi connectivity index (χ0n) is 15.7. The van der Waals surface area contributed by atoms with Gasteiger partial charge in [-0.25, -0.2) is 4.39 Å². The number of aromatic nitrogens is 2. The van der Waals surface area contributed by atoms with Gasteiger partial charge < -0.3 is 23.2 Å². The molecule has 1 aromatic heterocycles. The predicted molar refractivity (Wildman–Crippen MR) is 101 cm³/mol. The van der Waals surface area contributed by atoms with Gasteiger partial charge in [0.05, 0.1) is 11.9 Å². The fraction of sp³-hybridized carbons (Fsp3) is 0.250. The van der Waals surface area contributed by atoms with Crippen molar-refractivity contribution >= 4 is 23.7 Å². The number of hydrogen-bond acceptors (Lipinski definition) is 3. The van der Waals surface area contributed by atoms with Crippen molar-refractivity contribution in [2.45, 2.75) is 32.7 Å². The summed E-state index contributed by atoms with van der Waals surface area (Å²) in [6.45, 7) is 9.45. The number of hydrogen-bond donors (Lipinski definition) is 0. The van der Waals surface area contributed by atoms with Crippen molar-refractivity contribution in [3.8, 4) is 0 Å². The van der Waals surface area contributed by atoms with E-state index in [0.29, 0.717) is 24.5 Å². The standard InChI is InChI=1S/C16H17ClN2O.C4H4FO.Li/c1-3-19-12(2)18-11-15(19)16(20)10-6-8-13-7-4-5-9-14(13)17;1-2-4(5)3-6;/h4-5,7,9,11H,1-3,6,8,10H2;2H,1H3;/q-2;-1;+1/b;4-2+;. The molecule has 0 bridgehead atoms. The van der Waals surface area contributed by atoms with E-state index in [1.807, 2.05) is 24.3 Å². The van der Waals surface area contributed by atoms with Crippen molar-refractivity contribution in [1.29, 1.82) is 0 Å². The summed E-state index contributed by atoms with van der Waals surface area (Å²) >= 11 is 6.09. The minimum Gasteiger partial charge on any atom is -0.416 e. The molecule has 1 heterocycles. The second-order valence-corrected chi connectivity index (χ2v) is 5.73. The molecule has 0 saturated carbocycles. The SMILES string of the molecule is C/C=C(/F)[C-]=O.[CH2-]Cn1c(C(=O)CCCc2ccccc2Cl)cnc1[CH2-].[Li+]. The number of benzene rings is 1. The Hall–Kier alpha value is -1.80. The molecule has 0 spiro atoms. The van der Waals surface area contributed by atoms with Gasteiger partial charge in [0.25, 0.3) is 0 Å². The number of ketones is 1. The first-order valence-electron chi connectivity index (χ1n) is 8.07. The van der Waals surface area contributed by atoms with Gasteiger partial charge >= 0.3 is 18.9 Å². The van der Waals surface area contributed by atoms with E-state index in [0.717, 1.165) is 35.8 Å². The van der Waals surface area contributed by atoms with Gasteiger partial charge in [-0.15, -0.1) is 13.5 Å². The average Bonchev–Trinajstić information content (AvgIpc) is 3.03. The van der Waals surface area contributed by atoms with Gasteiger partial charge in [0.2, 0.25) is 0 Å². The summed E-state index contributed by atoms with van der Waals surface area (Å²) in [5, 5.41) is 0.753. The Morgan fingerprint density at radius 1 is 1.41 bits per heavy atom. The van der Waals surface area contributed by atoms with Gasteiger partial charge in [0, 0.05) is 17.7 Å². The van der Waals surface area contributed by atoms with Crippen LogP contribution in [0.15, 0.2) is 42.4 Å². The molecule has 2 aromatic rings. The normalized spacial score (nSPS) is 10.4. The molecule has 2 rings (SSSR count). The molecule has 27 heavy (non-hydrogen) atoms. The van der Waals surface area contributed by atoms with E-state index in [2.05, 4.69) is 18.8 Å². The summed E-state index contributed by atoms with van der Waals surface area (Å²) < 4.78 is 13.0. The van der Waals surface area contributed by atoms with Crippen molar-refractivity contribution in [3.05, 3.63) is 78.3 Å². The van der Waals surface area contributed by atoms with Gasteiger partial charge in [-0.1, -0.05) is 29.8 Å². The summed E-state index contributed by atoms with van der Waals surface area (Å²) in [7, 11) is 0. The molecule has 0 saturated heterocycles. The summed E-state index contributed by atoms with van der Waals surface area (Å²) in [4.78, 5) is 25.4. The van der Waals surface area contributed by atoms with Crippen LogP contribution in [0.5, 0.6) is 0 Å². The van der Waals surface area contributed by atoms with Crippen molar-refractivity contribution < 1.29 is 32.8 Å². The number of rotatable bonds is 7. The minimum atomic E-state index is -0.838. The van der Waals surface area contributed by atoms with Crippen LogP contribution in [0.25, 0.3) is 0 Å². The Morgan fingerprint density at radius 3 is 2.59 bits per heavy atom. The molecule has 140 valence electrons. The zero-order valence-corrected chi connectivity index (χ0v) is 16.4. The summed E-state index contributed by atoms with van der Waals surface area (Å²) in [5.74, 6) is -0.187. The minimum absolute atomic E-state index is 0. The van der Waals surface area contributed by atoms with Gasteiger partial charge in [-0.2, -0.15) is 6.08 Å². The number of allylic oxidation sites excluding steroid dienone is 2. The molecule has 0 fully saturated rings. The van der Waals surface area contributed by atoms with Gasteiger partial charge in [-0.3, -0.25) is 9.78 Å². The number of nitrogens with zero attached hydrogens (tertiary/aromatic N) is 2. The largest absolute Gasteiger partial charge is 1.00 e. The molecule has 0 aliphatic heterocycles. The maximum atomic E-state index is 12.2. The van der Waals surface area contributed by atoms with Gasteiger partial charge in [-0.05, 0) is 36.1 Å². The summed E-state index contributed by atoms with van der Waals surface area (Å²) in [5.41, 5.74) is 1.66. The number of imidazole rings is 1. The van der Waals surface area contributed by atoms with Crippen LogP contribution in [-0.4, -0.2) is 21.6 Å². The molecule has 1 aromatic carbocycles. The van der Waals surface area contributed by atoms with E-state index < -0.39 is 5.83 Å². The summed E-state index contributed by atoms with van der Waals surface area (Å²) in [6, 6.07) is 7.71. The number of aryl methyl sites for hydroxylation is 1. The molecule has 0 unspecified atom stereocenters. The van der Waals surface area contributed by atoms with Crippen molar-refractivity contribution in [1.82, 2.24) is 9.55 Å². The third-order valence-corrected chi connectivity index (χ3v) is 3.97. The van der Waals surface area contributed by atoms with E-state index in [-0.39, 0.29) is 24.6 Å². The third kappa shape index (κ3) is 8.17. The van der Waals surface area contributed by atoms with Gasteiger partial charge in [0.1, 0.15) is 0 Å². The summed E-state index contributed by atoms with van der Waals surface area (Å²) in [6.07, 6.45) is 5.71. The topological polar surface area (TPSA) is 52.0 Å². The van der Waals surface area contributed by atoms with Crippen LogP contribution in [0, 0.1) is 13.8 Å². The smallest absolute Gasteiger partial charge is 0.416 e. The Bertz CT molecular complexity index is 775. The third-order valence-electron chi connectivity index (χ3n) is 3.61. The maximum Gasteiger partial charge on any atom is 1.00 e. The number of Topliss-reactive ketones (excluding diaryl/α,β-unsaturated/α-hetero) is 1. The quantitative estimate of drug-likeness (QED) is 0.317. The van der Waals surface area contributed by atoms with Crippen molar-refractivity contribution in [2.75, 3.05) is 0 Å². The predicted octanol–water partition coefficient (Wildman–Crippen LogP) is 1.73. The molecule has 4 nitrogen and oxygen atoms in total. The van der Waals surface area contributed by atoms with E-state index in [1.165, 1.54) is 6.92 Å². The van der Waals surface area contributed by atoms with Crippen LogP contribution in [0.4, 0.5) is 4.39 Å². The average molecular weight is 383 g/mol. The van der Waals surface area contributed by atoms with Gasteiger partial charge in [0.15, 0.2) is 5.78 Å². The second-order valence-electron chi connectivity index (χ2n) is 5.32. The second kappa shape index (κ2) is 13.4. The monoisotopic (exact) mass is 382 g/mol. The number of carbonyl (C=O) groups excluding carboxylic acids is 2. The van der Waals surface area contributed by atoms with Crippen LogP contribution >= 0.6 is 11.6 Å². The zero-order chi connectivity index (χ0) is 19.5. The van der Waals surface area contributed by atoms with E-state index >= 15 is 0 Å². The molecule has 0 N–H and O–H groups in total. The van der Waals surface area contributed by atoms with E-state index in [1.54, 1.807) is 10.8 Å². The number of halogens is 2. The van der Waals surface area contributed by atoms with Crippen molar-refractivity contribution in [3.63, 3.8) is 0 Å². The Kier molecular flexibility index (Phi) is 12.5. The molecule has 0 amide bonds. The van der Waals surface area contributed by atoms with Crippen molar-refractivity contribution in [2.24, 2.45) is 0 Å². The first-order chi connectivity index (χ1) is 12.4. The Balaban J connectivity index is 0.000000842. The molecule has 0 aliphatic carbocycles. The number of carbonyl (C=O) groups is 1. The molecular weight excluding hydrogens is 362 g/mol. The first kappa shape index (κ1) is 25.2. The first-order valence-corrected chi connectivity index (χ1v) is 8.45. The molecule has 0 aliphatic rings. The van der Waals surface area contributed by atoms with Crippen LogP contribution in [0.1, 0.15) is 41.6 Å². The van der Waals surface area contributed by atoms with Crippen LogP contribution < -0.4 is 18.9 Å². The molecule has 0 atom stereocenters. The van der Waals surface area contributed by atoms with Crippen LogP contribution in [0.2, 0.25) is 5.02 Å². The molecular formula is C20H21ClFLiN2O2-2. The fourth-order valence-electron chi connectivity index (χ4n) is 2.21. The molecule has 7 heteroatoms. The fourth-order valence-corrected chi connectivity index (χ4v) is 2.44. The Morgan fingerprint density at radius 2 is 2.07 bits per heavy atom. The van der Waals surface area contributed by atoms with E-state index in [9.17, 15) is 9.18 Å². The Labute approximate surface area is 177 Å².